The summed E-state index contributed by atoms with van der Waals surface area (Å²) in [6, 6.07) is 18.0. The van der Waals surface area contributed by atoms with Crippen LogP contribution in [0.15, 0.2) is 60.7 Å². The monoisotopic (exact) mass is 396 g/mol. The molecule has 0 saturated heterocycles. The topological polar surface area (TPSA) is 52.6 Å². The Morgan fingerprint density at radius 1 is 0.690 bits per heavy atom. The lowest BCUT2D eigenvalue weighted by Gasteiger charge is -2.24. The molecule has 2 aromatic carbocycles. The van der Waals surface area contributed by atoms with E-state index in [0.29, 0.717) is 17.5 Å². The standard InChI is InChI=1S/C25H32O4/c1-3-5-17-22(28-24(26)20-13-9-7-10-14-20)19-23(18-6-4-2)29-25(27)21-15-11-8-12-16-21/h7-16,22-23H,3-6,17-19H2,1-2H3. The van der Waals surface area contributed by atoms with Gasteiger partial charge in [-0.25, -0.2) is 9.59 Å². The maximum Gasteiger partial charge on any atom is 0.338 e. The molecular weight excluding hydrogens is 364 g/mol. The molecule has 0 fully saturated rings. The quantitative estimate of drug-likeness (QED) is 0.400. The average Bonchev–Trinajstić information content (AvgIpc) is 2.76. The van der Waals surface area contributed by atoms with E-state index in [1.54, 1.807) is 24.3 Å². The highest BCUT2D eigenvalue weighted by Gasteiger charge is 2.23. The van der Waals surface area contributed by atoms with Crippen LogP contribution in [0, 0.1) is 0 Å². The van der Waals surface area contributed by atoms with E-state index in [1.807, 2.05) is 36.4 Å². The molecule has 0 heterocycles. The molecule has 0 bridgehead atoms. The number of carbonyl (C=O) groups is 2. The second-order valence-corrected chi connectivity index (χ2v) is 7.31. The Balaban J connectivity index is 2.05. The van der Waals surface area contributed by atoms with Gasteiger partial charge in [0.05, 0.1) is 11.1 Å². The lowest BCUT2D eigenvalue weighted by atomic mass is 10.0. The van der Waals surface area contributed by atoms with Gasteiger partial charge in [0.25, 0.3) is 0 Å². The minimum atomic E-state index is -0.324. The first-order valence-electron chi connectivity index (χ1n) is 10.7. The zero-order chi connectivity index (χ0) is 20.9. The van der Waals surface area contributed by atoms with Gasteiger partial charge in [-0.3, -0.25) is 0 Å². The molecule has 0 spiro atoms. The molecule has 29 heavy (non-hydrogen) atoms. The van der Waals surface area contributed by atoms with Crippen molar-refractivity contribution in [2.24, 2.45) is 0 Å². The van der Waals surface area contributed by atoms with Crippen LogP contribution in [-0.2, 0) is 9.47 Å². The number of benzene rings is 2. The zero-order valence-corrected chi connectivity index (χ0v) is 17.5. The molecule has 0 aromatic heterocycles. The van der Waals surface area contributed by atoms with Gasteiger partial charge in [0.1, 0.15) is 12.2 Å². The van der Waals surface area contributed by atoms with Gasteiger partial charge in [0.15, 0.2) is 0 Å². The molecule has 0 aliphatic carbocycles. The van der Waals surface area contributed by atoms with Gasteiger partial charge in [0.2, 0.25) is 0 Å². The molecule has 4 nitrogen and oxygen atoms in total. The summed E-state index contributed by atoms with van der Waals surface area (Å²) in [7, 11) is 0. The SMILES string of the molecule is CCCCC(CC(CCCC)OC(=O)c1ccccc1)OC(=O)c1ccccc1. The molecule has 0 amide bonds. The first kappa shape index (κ1) is 22.7. The van der Waals surface area contributed by atoms with E-state index in [2.05, 4.69) is 13.8 Å². The van der Waals surface area contributed by atoms with Crippen molar-refractivity contribution in [1.29, 1.82) is 0 Å². The number of hydrogen-bond donors (Lipinski definition) is 0. The van der Waals surface area contributed by atoms with Gasteiger partial charge >= 0.3 is 11.9 Å². The molecule has 2 unspecified atom stereocenters. The van der Waals surface area contributed by atoms with Gasteiger partial charge in [-0.05, 0) is 37.1 Å². The smallest absolute Gasteiger partial charge is 0.338 e. The van der Waals surface area contributed by atoms with Gasteiger partial charge < -0.3 is 9.47 Å². The molecule has 0 saturated carbocycles. The fraction of sp³-hybridized carbons (Fsp3) is 0.440. The normalized spacial score (nSPS) is 12.8. The lowest BCUT2D eigenvalue weighted by Crippen LogP contribution is -2.28. The fourth-order valence-corrected chi connectivity index (χ4v) is 3.19. The van der Waals surface area contributed by atoms with Crippen LogP contribution < -0.4 is 0 Å². The third-order valence-electron chi connectivity index (χ3n) is 4.85. The van der Waals surface area contributed by atoms with Crippen LogP contribution in [-0.4, -0.2) is 24.1 Å². The Kier molecular flexibility index (Phi) is 9.98. The summed E-state index contributed by atoms with van der Waals surface area (Å²) >= 11 is 0. The van der Waals surface area contributed by atoms with E-state index in [-0.39, 0.29) is 24.1 Å². The molecule has 2 rings (SSSR count). The van der Waals surface area contributed by atoms with Gasteiger partial charge in [-0.2, -0.15) is 0 Å². The lowest BCUT2D eigenvalue weighted by molar-refractivity contribution is -0.00477. The average molecular weight is 397 g/mol. The summed E-state index contributed by atoms with van der Waals surface area (Å²) in [5.41, 5.74) is 1.08. The largest absolute Gasteiger partial charge is 0.459 e. The highest BCUT2D eigenvalue weighted by molar-refractivity contribution is 5.90. The third kappa shape index (κ3) is 8.10. The van der Waals surface area contributed by atoms with E-state index < -0.39 is 0 Å². The van der Waals surface area contributed by atoms with E-state index in [4.69, 9.17) is 9.47 Å². The van der Waals surface area contributed by atoms with Gasteiger partial charge in [-0.1, -0.05) is 75.9 Å². The van der Waals surface area contributed by atoms with E-state index in [0.717, 1.165) is 38.5 Å². The van der Waals surface area contributed by atoms with Crippen LogP contribution in [0.2, 0.25) is 0 Å². The van der Waals surface area contributed by atoms with E-state index >= 15 is 0 Å². The number of hydrogen-bond acceptors (Lipinski definition) is 4. The summed E-state index contributed by atoms with van der Waals surface area (Å²) < 4.78 is 11.6. The Morgan fingerprint density at radius 3 is 1.41 bits per heavy atom. The van der Waals surface area contributed by atoms with E-state index in [1.165, 1.54) is 0 Å². The van der Waals surface area contributed by atoms with Crippen molar-refractivity contribution in [3.05, 3.63) is 71.8 Å². The molecule has 0 aliphatic rings. The highest BCUT2D eigenvalue weighted by atomic mass is 16.6. The maximum atomic E-state index is 12.5. The van der Waals surface area contributed by atoms with Crippen molar-refractivity contribution < 1.29 is 19.1 Å². The summed E-state index contributed by atoms with van der Waals surface area (Å²) in [5, 5.41) is 0. The maximum absolute atomic E-state index is 12.5. The minimum absolute atomic E-state index is 0.270. The predicted octanol–water partition coefficient (Wildman–Crippen LogP) is 6.21. The molecule has 0 aliphatic heterocycles. The third-order valence-corrected chi connectivity index (χ3v) is 4.85. The Bertz CT molecular complexity index is 664. The number of rotatable bonds is 12. The van der Waals surface area contributed by atoms with Crippen molar-refractivity contribution in [3.8, 4) is 0 Å². The van der Waals surface area contributed by atoms with Crippen molar-refractivity contribution >= 4 is 11.9 Å². The molecular formula is C25H32O4. The summed E-state index contributed by atoms with van der Waals surface area (Å²) in [6.07, 6.45) is 5.46. The molecule has 2 aromatic rings. The second-order valence-electron chi connectivity index (χ2n) is 7.31. The number of ether oxygens (including phenoxy) is 2. The molecule has 156 valence electrons. The van der Waals surface area contributed by atoms with Gasteiger partial charge in [-0.15, -0.1) is 0 Å². The predicted molar refractivity (Wildman–Crippen MR) is 115 cm³/mol. The highest BCUT2D eigenvalue weighted by Crippen LogP contribution is 2.20. The summed E-state index contributed by atoms with van der Waals surface area (Å²) in [4.78, 5) is 25.1. The first-order chi connectivity index (χ1) is 14.1. The first-order valence-corrected chi connectivity index (χ1v) is 10.7. The minimum Gasteiger partial charge on any atom is -0.459 e. The van der Waals surface area contributed by atoms with E-state index in [9.17, 15) is 9.59 Å². The Labute approximate surface area is 174 Å². The number of unbranched alkanes of at least 4 members (excludes halogenated alkanes) is 2. The van der Waals surface area contributed by atoms with Crippen LogP contribution >= 0.6 is 0 Å². The van der Waals surface area contributed by atoms with Gasteiger partial charge in [0, 0.05) is 6.42 Å². The van der Waals surface area contributed by atoms with Crippen molar-refractivity contribution in [3.63, 3.8) is 0 Å². The summed E-state index contributed by atoms with van der Waals surface area (Å²) in [5.74, 6) is -0.648. The molecule has 4 heteroatoms. The van der Waals surface area contributed by atoms with Crippen molar-refractivity contribution in [1.82, 2.24) is 0 Å². The Hall–Kier alpha value is -2.62. The van der Waals surface area contributed by atoms with Crippen LogP contribution in [0.4, 0.5) is 0 Å². The number of carbonyl (C=O) groups excluding carboxylic acids is 2. The molecule has 0 radical (unpaired) electrons. The van der Waals surface area contributed by atoms with Crippen LogP contribution in [0.5, 0.6) is 0 Å². The molecule has 0 N–H and O–H groups in total. The fourth-order valence-electron chi connectivity index (χ4n) is 3.19. The van der Waals surface area contributed by atoms with Crippen molar-refractivity contribution in [2.75, 3.05) is 0 Å². The number of esters is 2. The second kappa shape index (κ2) is 12.8. The Morgan fingerprint density at radius 2 is 1.07 bits per heavy atom. The molecule has 2 atom stereocenters. The van der Waals surface area contributed by atoms with Crippen LogP contribution in [0.3, 0.4) is 0 Å². The zero-order valence-electron chi connectivity index (χ0n) is 17.5. The van der Waals surface area contributed by atoms with Crippen LogP contribution in [0.25, 0.3) is 0 Å². The summed E-state index contributed by atoms with van der Waals surface area (Å²) in [6.45, 7) is 4.22. The van der Waals surface area contributed by atoms with Crippen LogP contribution in [0.1, 0.15) is 79.5 Å². The van der Waals surface area contributed by atoms with Crippen molar-refractivity contribution in [2.45, 2.75) is 71.0 Å².